The van der Waals surface area contributed by atoms with E-state index in [1.807, 2.05) is 0 Å². The summed E-state index contributed by atoms with van der Waals surface area (Å²) in [7, 11) is 1.17. The highest BCUT2D eigenvalue weighted by atomic mass is 32.2. The van der Waals surface area contributed by atoms with Gasteiger partial charge in [0.05, 0.1) is 18.3 Å². The van der Waals surface area contributed by atoms with Crippen molar-refractivity contribution in [3.8, 4) is 5.75 Å². The van der Waals surface area contributed by atoms with Crippen LogP contribution in [0.2, 0.25) is 0 Å². The highest BCUT2D eigenvalue weighted by molar-refractivity contribution is 8.18. The molecule has 0 N–H and O–H groups in total. The first-order chi connectivity index (χ1) is 13.0. The van der Waals surface area contributed by atoms with Gasteiger partial charge in [-0.1, -0.05) is 12.1 Å². The van der Waals surface area contributed by atoms with E-state index in [1.54, 1.807) is 24.3 Å². The number of ether oxygens (including phenoxy) is 2. The van der Waals surface area contributed by atoms with Gasteiger partial charge in [-0.2, -0.15) is 0 Å². The van der Waals surface area contributed by atoms with Crippen LogP contribution in [0.4, 0.5) is 4.79 Å². The Kier molecular flexibility index (Phi) is 5.41. The number of furan rings is 1. The molecule has 1 fully saturated rings. The summed E-state index contributed by atoms with van der Waals surface area (Å²) in [5, 5.41) is -0.558. The van der Waals surface area contributed by atoms with Crippen LogP contribution in [0.25, 0.3) is 6.08 Å². The summed E-state index contributed by atoms with van der Waals surface area (Å²) in [5.74, 6) is -1.63. The molecule has 1 aromatic heterocycles. The van der Waals surface area contributed by atoms with Crippen LogP contribution in [0.1, 0.15) is 16.1 Å². The molecule has 0 unspecified atom stereocenters. The number of carbonyl (C=O) groups excluding carboxylic acids is 4. The zero-order valence-corrected chi connectivity index (χ0v) is 14.9. The van der Waals surface area contributed by atoms with Crippen molar-refractivity contribution < 1.29 is 33.1 Å². The second-order valence-electron chi connectivity index (χ2n) is 5.28. The zero-order valence-electron chi connectivity index (χ0n) is 14.0. The lowest BCUT2D eigenvalue weighted by atomic mass is 10.2. The minimum absolute atomic E-state index is 0.0596. The SMILES string of the molecule is COC(=O)CN1C(=O)S/C(=C\c2cccc(OC(=O)c3ccco3)c2)C1=O. The van der Waals surface area contributed by atoms with E-state index in [2.05, 4.69) is 4.74 Å². The van der Waals surface area contributed by atoms with Crippen LogP contribution in [-0.4, -0.2) is 41.6 Å². The van der Waals surface area contributed by atoms with Gasteiger partial charge < -0.3 is 13.9 Å². The van der Waals surface area contributed by atoms with E-state index in [0.29, 0.717) is 17.3 Å². The smallest absolute Gasteiger partial charge is 0.379 e. The highest BCUT2D eigenvalue weighted by Gasteiger charge is 2.36. The first kappa shape index (κ1) is 18.5. The number of carbonyl (C=O) groups is 4. The molecule has 0 saturated carbocycles. The number of nitrogens with zero attached hydrogens (tertiary/aromatic N) is 1. The number of methoxy groups -OCH3 is 1. The monoisotopic (exact) mass is 387 g/mol. The lowest BCUT2D eigenvalue weighted by molar-refractivity contribution is -0.143. The Labute approximate surface area is 157 Å². The lowest BCUT2D eigenvalue weighted by Crippen LogP contribution is -2.34. The summed E-state index contributed by atoms with van der Waals surface area (Å²) >= 11 is 0.715. The Morgan fingerprint density at radius 1 is 1.22 bits per heavy atom. The summed E-state index contributed by atoms with van der Waals surface area (Å²) in [6.07, 6.45) is 2.84. The molecule has 2 amide bonds. The number of imide groups is 1. The first-order valence-corrected chi connectivity index (χ1v) is 8.47. The standard InChI is InChI=1S/C18H13NO7S/c1-24-15(20)10-19-16(21)14(27-18(19)23)9-11-4-2-5-12(8-11)26-17(22)13-6-3-7-25-13/h2-9H,10H2,1H3/b14-9-. The maximum Gasteiger partial charge on any atom is 0.379 e. The molecule has 27 heavy (non-hydrogen) atoms. The Morgan fingerprint density at radius 2 is 2.04 bits per heavy atom. The molecule has 1 saturated heterocycles. The van der Waals surface area contributed by atoms with Gasteiger partial charge >= 0.3 is 11.9 Å². The highest BCUT2D eigenvalue weighted by Crippen LogP contribution is 2.32. The maximum absolute atomic E-state index is 12.3. The van der Waals surface area contributed by atoms with Crippen molar-refractivity contribution in [3.05, 3.63) is 58.9 Å². The van der Waals surface area contributed by atoms with Gasteiger partial charge in [0.15, 0.2) is 0 Å². The molecular weight excluding hydrogens is 374 g/mol. The second kappa shape index (κ2) is 7.92. The molecule has 0 atom stereocenters. The third-order valence-corrected chi connectivity index (χ3v) is 4.38. The predicted molar refractivity (Wildman–Crippen MR) is 94.8 cm³/mol. The third kappa shape index (κ3) is 4.26. The van der Waals surface area contributed by atoms with E-state index in [9.17, 15) is 19.2 Å². The fourth-order valence-electron chi connectivity index (χ4n) is 2.20. The van der Waals surface area contributed by atoms with E-state index in [4.69, 9.17) is 9.15 Å². The van der Waals surface area contributed by atoms with Gasteiger partial charge in [-0.3, -0.25) is 19.3 Å². The summed E-state index contributed by atoms with van der Waals surface area (Å²) in [6, 6.07) is 9.46. The van der Waals surface area contributed by atoms with Gasteiger partial charge in [0, 0.05) is 0 Å². The summed E-state index contributed by atoms with van der Waals surface area (Å²) in [6.45, 7) is -0.445. The van der Waals surface area contributed by atoms with Gasteiger partial charge in [-0.05, 0) is 47.7 Å². The molecule has 0 spiro atoms. The van der Waals surface area contributed by atoms with Crippen molar-refractivity contribution >= 4 is 40.9 Å². The van der Waals surface area contributed by atoms with E-state index in [0.717, 1.165) is 4.90 Å². The van der Waals surface area contributed by atoms with Crippen molar-refractivity contribution in [2.75, 3.05) is 13.7 Å². The summed E-state index contributed by atoms with van der Waals surface area (Å²) in [5.41, 5.74) is 0.545. The molecule has 0 radical (unpaired) electrons. The minimum Gasteiger partial charge on any atom is -0.468 e. The number of thioether (sulfide) groups is 1. The Morgan fingerprint density at radius 3 is 2.74 bits per heavy atom. The van der Waals surface area contributed by atoms with E-state index >= 15 is 0 Å². The topological polar surface area (TPSA) is 103 Å². The van der Waals surface area contributed by atoms with E-state index < -0.39 is 29.6 Å². The van der Waals surface area contributed by atoms with Crippen LogP contribution in [0.5, 0.6) is 5.75 Å². The Balaban J connectivity index is 1.75. The molecule has 9 heteroatoms. The van der Waals surface area contributed by atoms with Gasteiger partial charge in [-0.15, -0.1) is 0 Å². The molecule has 3 rings (SSSR count). The van der Waals surface area contributed by atoms with E-state index in [1.165, 1.54) is 31.6 Å². The number of rotatable bonds is 5. The van der Waals surface area contributed by atoms with E-state index in [-0.39, 0.29) is 16.4 Å². The Bertz CT molecular complexity index is 933. The van der Waals surface area contributed by atoms with Gasteiger partial charge in [0.2, 0.25) is 5.76 Å². The molecule has 0 bridgehead atoms. The van der Waals surface area contributed by atoms with Crippen LogP contribution >= 0.6 is 11.8 Å². The van der Waals surface area contributed by atoms with Crippen LogP contribution in [0, 0.1) is 0 Å². The average molecular weight is 387 g/mol. The van der Waals surface area contributed by atoms with Gasteiger partial charge in [0.1, 0.15) is 12.3 Å². The number of benzene rings is 1. The molecule has 8 nitrogen and oxygen atoms in total. The molecule has 2 aromatic rings. The normalized spacial score (nSPS) is 15.3. The number of esters is 2. The third-order valence-electron chi connectivity index (χ3n) is 3.48. The van der Waals surface area contributed by atoms with Crippen LogP contribution in [0.15, 0.2) is 52.0 Å². The quantitative estimate of drug-likeness (QED) is 0.438. The molecule has 2 heterocycles. The van der Waals surface area contributed by atoms with Crippen molar-refractivity contribution in [1.82, 2.24) is 4.90 Å². The number of hydrogen-bond acceptors (Lipinski definition) is 8. The largest absolute Gasteiger partial charge is 0.468 e. The number of amides is 2. The first-order valence-electron chi connectivity index (χ1n) is 7.66. The van der Waals surface area contributed by atoms with Crippen molar-refractivity contribution in [3.63, 3.8) is 0 Å². The summed E-state index contributed by atoms with van der Waals surface area (Å²) < 4.78 is 14.7. The molecule has 1 aliphatic heterocycles. The van der Waals surface area contributed by atoms with Crippen LogP contribution in [-0.2, 0) is 14.3 Å². The second-order valence-corrected chi connectivity index (χ2v) is 6.28. The lowest BCUT2D eigenvalue weighted by Gasteiger charge is -2.09. The predicted octanol–water partition coefficient (Wildman–Crippen LogP) is 2.71. The minimum atomic E-state index is -0.689. The summed E-state index contributed by atoms with van der Waals surface area (Å²) in [4.78, 5) is 48.4. The van der Waals surface area contributed by atoms with Crippen LogP contribution in [0.3, 0.4) is 0 Å². The van der Waals surface area contributed by atoms with Crippen LogP contribution < -0.4 is 4.74 Å². The van der Waals surface area contributed by atoms with Gasteiger partial charge in [0.25, 0.3) is 11.1 Å². The molecule has 1 aromatic carbocycles. The molecular formula is C18H13NO7S. The zero-order chi connectivity index (χ0) is 19.4. The molecule has 0 aliphatic carbocycles. The van der Waals surface area contributed by atoms with Crippen molar-refractivity contribution in [1.29, 1.82) is 0 Å². The fraction of sp³-hybridized carbons (Fsp3) is 0.111. The maximum atomic E-state index is 12.3. The fourth-order valence-corrected chi connectivity index (χ4v) is 3.04. The van der Waals surface area contributed by atoms with Crippen molar-refractivity contribution in [2.45, 2.75) is 0 Å². The average Bonchev–Trinajstić information content (AvgIpc) is 3.27. The van der Waals surface area contributed by atoms with Crippen molar-refractivity contribution in [2.24, 2.45) is 0 Å². The molecule has 1 aliphatic rings. The Hall–Kier alpha value is -3.33. The molecule has 138 valence electrons. The number of hydrogen-bond donors (Lipinski definition) is 0. The van der Waals surface area contributed by atoms with Gasteiger partial charge in [-0.25, -0.2) is 4.79 Å².